The van der Waals surface area contributed by atoms with Crippen molar-refractivity contribution in [1.82, 2.24) is 0 Å². The van der Waals surface area contributed by atoms with Gasteiger partial charge in [-0.2, -0.15) is 0 Å². The molecule has 0 aliphatic carbocycles. The van der Waals surface area contributed by atoms with Crippen molar-refractivity contribution in [1.29, 1.82) is 0 Å². The van der Waals surface area contributed by atoms with Gasteiger partial charge in [0.2, 0.25) is 5.88 Å². The number of furan rings is 1. The fourth-order valence-corrected chi connectivity index (χ4v) is 2.94. The highest BCUT2D eigenvalue weighted by Crippen LogP contribution is 2.41. The van der Waals surface area contributed by atoms with E-state index in [-0.39, 0.29) is 0 Å². The van der Waals surface area contributed by atoms with Gasteiger partial charge in [0.05, 0.1) is 12.2 Å². The van der Waals surface area contributed by atoms with Crippen LogP contribution in [0.1, 0.15) is 15.9 Å². The molecule has 1 aromatic heterocycles. The summed E-state index contributed by atoms with van der Waals surface area (Å²) in [7, 11) is 0. The third-order valence-corrected chi connectivity index (χ3v) is 4.04. The Kier molecular flexibility index (Phi) is 2.89. The zero-order valence-electron chi connectivity index (χ0n) is 12.2. The monoisotopic (exact) mass is 293 g/mol. The lowest BCUT2D eigenvalue weighted by atomic mass is 10.1. The maximum atomic E-state index is 11.0. The molecule has 0 spiro atoms. The van der Waals surface area contributed by atoms with Crippen LogP contribution in [-0.4, -0.2) is 19.4 Å². The van der Waals surface area contributed by atoms with Gasteiger partial charge in [-0.05, 0) is 37.3 Å². The lowest BCUT2D eigenvalue weighted by molar-refractivity contribution is 0.112. The number of ether oxygens (including phenoxy) is 1. The van der Waals surface area contributed by atoms with Gasteiger partial charge >= 0.3 is 0 Å². The van der Waals surface area contributed by atoms with Crippen molar-refractivity contribution in [2.75, 3.05) is 18.1 Å². The summed E-state index contributed by atoms with van der Waals surface area (Å²) in [6.07, 6.45) is 0.857. The van der Waals surface area contributed by atoms with Gasteiger partial charge in [0, 0.05) is 16.5 Å². The molecule has 0 N–H and O–H groups in total. The number of nitrogens with zero attached hydrogens (tertiary/aromatic N) is 1. The molecule has 0 saturated heterocycles. The number of aryl methyl sites for hydroxylation is 1. The molecule has 1 aliphatic heterocycles. The quantitative estimate of drug-likeness (QED) is 0.668. The molecule has 4 rings (SSSR count). The minimum Gasteiger partial charge on any atom is -0.490 e. The summed E-state index contributed by atoms with van der Waals surface area (Å²) in [4.78, 5) is 13.1. The summed E-state index contributed by atoms with van der Waals surface area (Å²) in [5.41, 5.74) is 3.49. The number of aldehydes is 1. The molecular weight excluding hydrogens is 278 g/mol. The number of hydrogen-bond donors (Lipinski definition) is 0. The predicted octanol–water partition coefficient (Wildman–Crippen LogP) is 4.08. The van der Waals surface area contributed by atoms with Crippen LogP contribution in [0.3, 0.4) is 0 Å². The second-order valence-electron chi connectivity index (χ2n) is 5.37. The van der Waals surface area contributed by atoms with Gasteiger partial charge in [-0.1, -0.05) is 12.1 Å². The van der Waals surface area contributed by atoms with E-state index in [1.54, 1.807) is 6.07 Å². The summed E-state index contributed by atoms with van der Waals surface area (Å²) in [6.45, 7) is 3.37. The number of carbonyl (C=O) groups excluding carboxylic acids is 1. The zero-order valence-corrected chi connectivity index (χ0v) is 12.2. The van der Waals surface area contributed by atoms with Crippen LogP contribution in [-0.2, 0) is 0 Å². The highest BCUT2D eigenvalue weighted by atomic mass is 16.5. The van der Waals surface area contributed by atoms with Crippen LogP contribution in [0.15, 0.2) is 46.9 Å². The van der Waals surface area contributed by atoms with Crippen LogP contribution in [0.25, 0.3) is 11.0 Å². The van der Waals surface area contributed by atoms with Crippen molar-refractivity contribution in [2.45, 2.75) is 6.92 Å². The van der Waals surface area contributed by atoms with Gasteiger partial charge in [-0.15, -0.1) is 0 Å². The number of anilines is 2. The first-order valence-corrected chi connectivity index (χ1v) is 7.25. The van der Waals surface area contributed by atoms with Crippen LogP contribution in [0.4, 0.5) is 11.6 Å². The summed E-state index contributed by atoms with van der Waals surface area (Å²) in [6, 6.07) is 13.4. The minimum absolute atomic E-state index is 0.618. The molecule has 110 valence electrons. The van der Waals surface area contributed by atoms with Gasteiger partial charge in [-0.25, -0.2) is 0 Å². The van der Waals surface area contributed by atoms with Gasteiger partial charge in [-0.3, -0.25) is 4.79 Å². The SMILES string of the molecule is Cc1c(N2CCOc3ccccc32)oc2ccc(C=O)cc12. The fourth-order valence-electron chi connectivity index (χ4n) is 2.94. The molecule has 4 heteroatoms. The Balaban J connectivity index is 1.89. The zero-order chi connectivity index (χ0) is 15.1. The lowest BCUT2D eigenvalue weighted by Crippen LogP contribution is -2.28. The number of fused-ring (bicyclic) bond motifs is 2. The highest BCUT2D eigenvalue weighted by Gasteiger charge is 2.24. The van der Waals surface area contributed by atoms with Crippen LogP contribution in [0, 0.1) is 6.92 Å². The first-order valence-electron chi connectivity index (χ1n) is 7.25. The normalized spacial score (nSPS) is 13.8. The van der Waals surface area contributed by atoms with Crippen LogP contribution in [0.2, 0.25) is 0 Å². The third-order valence-electron chi connectivity index (χ3n) is 4.04. The second kappa shape index (κ2) is 4.91. The van der Waals surface area contributed by atoms with E-state index in [0.29, 0.717) is 12.2 Å². The van der Waals surface area contributed by atoms with Crippen LogP contribution >= 0.6 is 0 Å². The molecule has 0 radical (unpaired) electrons. The Morgan fingerprint density at radius 1 is 1.18 bits per heavy atom. The topological polar surface area (TPSA) is 42.7 Å². The average Bonchev–Trinajstić information content (AvgIpc) is 2.90. The van der Waals surface area contributed by atoms with E-state index in [1.165, 1.54) is 0 Å². The molecule has 3 aromatic rings. The molecule has 0 unspecified atom stereocenters. The van der Waals surface area contributed by atoms with Crippen molar-refractivity contribution in [2.24, 2.45) is 0 Å². The predicted molar refractivity (Wildman–Crippen MR) is 85.3 cm³/mol. The third kappa shape index (κ3) is 1.88. The molecule has 2 aromatic carbocycles. The Morgan fingerprint density at radius 2 is 2.05 bits per heavy atom. The first-order chi connectivity index (χ1) is 10.8. The summed E-state index contributed by atoms with van der Waals surface area (Å²) < 4.78 is 11.7. The van der Waals surface area contributed by atoms with Crippen molar-refractivity contribution in [3.8, 4) is 5.75 Å². The number of hydrogen-bond acceptors (Lipinski definition) is 4. The molecule has 4 nitrogen and oxygen atoms in total. The van der Waals surface area contributed by atoms with Crippen LogP contribution in [0.5, 0.6) is 5.75 Å². The van der Waals surface area contributed by atoms with Crippen molar-refractivity contribution < 1.29 is 13.9 Å². The average molecular weight is 293 g/mol. The molecule has 0 atom stereocenters. The van der Waals surface area contributed by atoms with Crippen LogP contribution < -0.4 is 9.64 Å². The van der Waals surface area contributed by atoms with Gasteiger partial charge in [0.1, 0.15) is 24.2 Å². The molecule has 0 amide bonds. The fraction of sp³-hybridized carbons (Fsp3) is 0.167. The number of rotatable bonds is 2. The van der Waals surface area contributed by atoms with Gasteiger partial charge < -0.3 is 14.1 Å². The Labute approximate surface area is 127 Å². The summed E-state index contributed by atoms with van der Waals surface area (Å²) >= 11 is 0. The molecular formula is C18H15NO3. The molecule has 2 heterocycles. The Bertz CT molecular complexity index is 866. The smallest absolute Gasteiger partial charge is 0.204 e. The molecule has 1 aliphatic rings. The van der Waals surface area contributed by atoms with E-state index in [0.717, 1.165) is 46.7 Å². The van der Waals surface area contributed by atoms with Gasteiger partial charge in [0.25, 0.3) is 0 Å². The maximum Gasteiger partial charge on any atom is 0.204 e. The van der Waals surface area contributed by atoms with E-state index in [4.69, 9.17) is 9.15 Å². The standard InChI is InChI=1S/C18H15NO3/c1-12-14-10-13(11-20)6-7-16(14)22-18(12)19-8-9-21-17-5-3-2-4-15(17)19/h2-7,10-11H,8-9H2,1H3. The Hall–Kier alpha value is -2.75. The van der Waals surface area contributed by atoms with Crippen molar-refractivity contribution in [3.63, 3.8) is 0 Å². The van der Waals surface area contributed by atoms with Gasteiger partial charge in [0.15, 0.2) is 0 Å². The van der Waals surface area contributed by atoms with E-state index < -0.39 is 0 Å². The summed E-state index contributed by atoms with van der Waals surface area (Å²) in [5, 5.41) is 0.976. The van der Waals surface area contributed by atoms with E-state index in [2.05, 4.69) is 4.90 Å². The number of carbonyl (C=O) groups is 1. The summed E-state index contributed by atoms with van der Waals surface area (Å²) in [5.74, 6) is 1.68. The highest BCUT2D eigenvalue weighted by molar-refractivity contribution is 5.92. The Morgan fingerprint density at radius 3 is 2.91 bits per heavy atom. The molecule has 0 fully saturated rings. The number of benzene rings is 2. The second-order valence-corrected chi connectivity index (χ2v) is 5.37. The first kappa shape index (κ1) is 13.0. The van der Waals surface area contributed by atoms with E-state index in [1.807, 2.05) is 43.3 Å². The van der Waals surface area contributed by atoms with Crippen molar-refractivity contribution >= 4 is 28.8 Å². The minimum atomic E-state index is 0.618. The van der Waals surface area contributed by atoms with E-state index >= 15 is 0 Å². The molecule has 0 bridgehead atoms. The lowest BCUT2D eigenvalue weighted by Gasteiger charge is -2.29. The molecule has 0 saturated carbocycles. The maximum absolute atomic E-state index is 11.0. The van der Waals surface area contributed by atoms with Crippen molar-refractivity contribution in [3.05, 3.63) is 53.6 Å². The number of para-hydroxylation sites is 2. The van der Waals surface area contributed by atoms with E-state index in [9.17, 15) is 4.79 Å². The molecule has 22 heavy (non-hydrogen) atoms. The largest absolute Gasteiger partial charge is 0.490 e.